The van der Waals surface area contributed by atoms with Crippen molar-refractivity contribution in [1.29, 1.82) is 0 Å². The average molecular weight is 1370 g/mol. The van der Waals surface area contributed by atoms with Gasteiger partial charge in [0.2, 0.25) is 5.91 Å². The Morgan fingerprint density at radius 3 is 1.11 bits per heavy atom. The maximum absolute atomic E-state index is 13.1. The van der Waals surface area contributed by atoms with Crippen LogP contribution in [0.1, 0.15) is 412 Å². The fraction of sp³-hybridized carbons (Fsp3) is 0.860. The topological polar surface area (TPSA) is 175 Å². The lowest BCUT2D eigenvalue weighted by atomic mass is 9.99. The Bertz CT molecular complexity index is 1800. The van der Waals surface area contributed by atoms with Gasteiger partial charge in [0, 0.05) is 12.8 Å². The third-order valence-corrected chi connectivity index (χ3v) is 19.8. The highest BCUT2D eigenvalue weighted by atomic mass is 16.7. The van der Waals surface area contributed by atoms with Gasteiger partial charge in [-0.05, 0) is 83.5 Å². The molecule has 7 unspecified atom stereocenters. The second-order valence-electron chi connectivity index (χ2n) is 29.2. The van der Waals surface area contributed by atoms with E-state index in [1.807, 2.05) is 6.08 Å². The van der Waals surface area contributed by atoms with E-state index in [9.17, 15) is 35.1 Å². The number of rotatable bonds is 75. The van der Waals surface area contributed by atoms with Crippen molar-refractivity contribution in [2.24, 2.45) is 0 Å². The molecule has 0 radical (unpaired) electrons. The number of esters is 1. The van der Waals surface area contributed by atoms with Crippen molar-refractivity contribution >= 4 is 11.9 Å². The zero-order valence-corrected chi connectivity index (χ0v) is 63.6. The molecule has 0 aromatic rings. The van der Waals surface area contributed by atoms with Crippen molar-refractivity contribution in [3.05, 3.63) is 60.8 Å². The molecule has 97 heavy (non-hydrogen) atoms. The number of aliphatic hydroxyl groups is 5. The summed E-state index contributed by atoms with van der Waals surface area (Å²) in [5.41, 5.74) is 0. The van der Waals surface area contributed by atoms with E-state index in [2.05, 4.69) is 67.8 Å². The first-order valence-electron chi connectivity index (χ1n) is 42.1. The summed E-state index contributed by atoms with van der Waals surface area (Å²) in [5, 5.41) is 54.5. The number of nitrogens with one attached hydrogen (secondary N) is 1. The number of allylic oxidation sites excluding steroid dienone is 9. The molecule has 0 aromatic heterocycles. The standard InChI is InChI=1S/C86H159NO10/c1-3-5-7-9-11-13-15-17-18-19-44-47-50-54-58-62-66-70-74-82(91)95-75-71-67-63-59-55-51-48-45-42-40-38-36-34-32-30-28-26-24-22-20-21-23-25-27-29-31-33-35-37-39-41-43-46-49-53-57-61-65-69-73-81(90)87-78(77-96-86-85(94)84(93)83(92)80(76-88)97-86)79(89)72-68-64-60-56-52-16-14-12-10-8-6-4-2/h10,12,20-21,24,26,52,56,68,72,78-80,83-86,88-89,92-94H,3-9,11,13-19,22-23,25,27-51,53-55,57-67,69-71,73-77H2,1-2H3,(H,87,90)/b12-10+,21-20-,26-24-,56-52+,72-68+. The van der Waals surface area contributed by atoms with Crippen LogP contribution in [0.25, 0.3) is 0 Å². The van der Waals surface area contributed by atoms with Crippen molar-refractivity contribution in [2.45, 2.75) is 455 Å². The monoisotopic (exact) mass is 1370 g/mol. The summed E-state index contributed by atoms with van der Waals surface area (Å²) in [6, 6.07) is -0.833. The van der Waals surface area contributed by atoms with E-state index < -0.39 is 49.5 Å². The molecule has 0 spiro atoms. The van der Waals surface area contributed by atoms with Crippen LogP contribution in [0.4, 0.5) is 0 Å². The Balaban J connectivity index is 1.88. The van der Waals surface area contributed by atoms with Gasteiger partial charge in [0.05, 0.1) is 32.0 Å². The minimum atomic E-state index is -1.58. The summed E-state index contributed by atoms with van der Waals surface area (Å²) in [5.74, 6) is -0.174. The van der Waals surface area contributed by atoms with Crippen LogP contribution in [0, 0.1) is 0 Å². The van der Waals surface area contributed by atoms with Crippen LogP contribution in [0.2, 0.25) is 0 Å². The lowest BCUT2D eigenvalue weighted by molar-refractivity contribution is -0.302. The van der Waals surface area contributed by atoms with E-state index in [1.54, 1.807) is 6.08 Å². The second-order valence-corrected chi connectivity index (χ2v) is 29.2. The van der Waals surface area contributed by atoms with Gasteiger partial charge in [0.25, 0.3) is 0 Å². The molecule has 11 heteroatoms. The van der Waals surface area contributed by atoms with Gasteiger partial charge < -0.3 is 45.1 Å². The summed E-state index contributed by atoms with van der Waals surface area (Å²) in [7, 11) is 0. The van der Waals surface area contributed by atoms with Crippen LogP contribution < -0.4 is 5.32 Å². The van der Waals surface area contributed by atoms with Crippen molar-refractivity contribution < 1.29 is 49.3 Å². The van der Waals surface area contributed by atoms with Gasteiger partial charge in [0.15, 0.2) is 6.29 Å². The second kappa shape index (κ2) is 74.5. The zero-order chi connectivity index (χ0) is 70.1. The van der Waals surface area contributed by atoms with E-state index >= 15 is 0 Å². The number of carbonyl (C=O) groups is 2. The highest BCUT2D eigenvalue weighted by Crippen LogP contribution is 2.24. The average Bonchev–Trinajstić information content (AvgIpc) is 0.834. The van der Waals surface area contributed by atoms with Gasteiger partial charge in [0.1, 0.15) is 24.4 Å². The predicted molar refractivity (Wildman–Crippen MR) is 412 cm³/mol. The van der Waals surface area contributed by atoms with Crippen LogP contribution in [-0.4, -0.2) is 100 Å². The van der Waals surface area contributed by atoms with Gasteiger partial charge in [-0.25, -0.2) is 0 Å². The molecule has 6 N–H and O–H groups in total. The molecule has 11 nitrogen and oxygen atoms in total. The summed E-state index contributed by atoms with van der Waals surface area (Å²) < 4.78 is 16.8. The fourth-order valence-electron chi connectivity index (χ4n) is 13.3. The molecular weight excluding hydrogens is 1210 g/mol. The van der Waals surface area contributed by atoms with Gasteiger partial charge in [-0.3, -0.25) is 9.59 Å². The van der Waals surface area contributed by atoms with Crippen molar-refractivity contribution in [3.63, 3.8) is 0 Å². The summed E-state index contributed by atoms with van der Waals surface area (Å²) in [6.45, 7) is 4.33. The predicted octanol–water partition coefficient (Wildman–Crippen LogP) is 23.2. The van der Waals surface area contributed by atoms with Crippen LogP contribution >= 0.6 is 0 Å². The molecule has 1 heterocycles. The lowest BCUT2D eigenvalue weighted by Gasteiger charge is -2.40. The van der Waals surface area contributed by atoms with E-state index in [1.165, 1.54) is 315 Å². The number of ether oxygens (including phenoxy) is 3. The van der Waals surface area contributed by atoms with Crippen LogP contribution in [0.15, 0.2) is 60.8 Å². The van der Waals surface area contributed by atoms with Gasteiger partial charge >= 0.3 is 5.97 Å². The number of carbonyl (C=O) groups excluding carboxylic acids is 2. The van der Waals surface area contributed by atoms with E-state index in [0.29, 0.717) is 19.4 Å². The molecule has 0 aromatic carbocycles. The first-order valence-corrected chi connectivity index (χ1v) is 42.1. The summed E-state index contributed by atoms with van der Waals surface area (Å²) in [4.78, 5) is 25.2. The zero-order valence-electron chi connectivity index (χ0n) is 63.6. The largest absolute Gasteiger partial charge is 0.466 e. The first kappa shape index (κ1) is 92.4. The number of amides is 1. The third-order valence-electron chi connectivity index (χ3n) is 19.8. The molecule has 1 amide bonds. The molecule has 0 bridgehead atoms. The van der Waals surface area contributed by atoms with Gasteiger partial charge in [-0.1, -0.05) is 376 Å². The molecule has 1 saturated heterocycles. The van der Waals surface area contributed by atoms with Crippen molar-refractivity contribution in [1.82, 2.24) is 5.32 Å². The number of unbranched alkanes of at least 4 members (excludes halogenated alkanes) is 53. The minimum Gasteiger partial charge on any atom is -0.466 e. The number of aliphatic hydroxyl groups excluding tert-OH is 5. The third kappa shape index (κ3) is 62.8. The van der Waals surface area contributed by atoms with Crippen molar-refractivity contribution in [2.75, 3.05) is 19.8 Å². The smallest absolute Gasteiger partial charge is 0.305 e. The molecule has 7 atom stereocenters. The molecule has 1 aliphatic heterocycles. The minimum absolute atomic E-state index is 0.0192. The Labute approximate surface area is 598 Å². The molecule has 1 fully saturated rings. The first-order chi connectivity index (χ1) is 47.7. The molecule has 0 saturated carbocycles. The fourth-order valence-corrected chi connectivity index (χ4v) is 13.3. The molecule has 1 aliphatic rings. The van der Waals surface area contributed by atoms with Crippen LogP contribution in [-0.2, 0) is 23.8 Å². The van der Waals surface area contributed by atoms with Gasteiger partial charge in [-0.2, -0.15) is 0 Å². The highest BCUT2D eigenvalue weighted by Gasteiger charge is 2.44. The highest BCUT2D eigenvalue weighted by molar-refractivity contribution is 5.76. The maximum Gasteiger partial charge on any atom is 0.305 e. The Hall–Kier alpha value is -2.64. The number of hydrogen-bond acceptors (Lipinski definition) is 10. The molecule has 1 rings (SSSR count). The normalized spacial score (nSPS) is 17.5. The molecular formula is C86H159NO10. The molecule has 568 valence electrons. The Morgan fingerprint density at radius 1 is 0.381 bits per heavy atom. The van der Waals surface area contributed by atoms with E-state index in [0.717, 1.165) is 70.6 Å². The van der Waals surface area contributed by atoms with E-state index in [4.69, 9.17) is 14.2 Å². The molecule has 0 aliphatic carbocycles. The van der Waals surface area contributed by atoms with Crippen molar-refractivity contribution in [3.8, 4) is 0 Å². The SMILES string of the molecule is CCCC/C=C/CC/C=C/CC/C=C/C(O)C(COC1OC(CO)C(O)C(O)C1O)NC(=O)CCCCCCCCCCCCCCCCCCC/C=C\C/C=C\CCCCCCCCCCCCCCCCCOC(=O)CCCCCCCCCCCCCCCCCCCC. The summed E-state index contributed by atoms with van der Waals surface area (Å²) in [6.07, 6.45) is 91.4. The quantitative estimate of drug-likeness (QED) is 0.0195. The Kier molecular flexibility index (Phi) is 71.0. The van der Waals surface area contributed by atoms with E-state index in [-0.39, 0.29) is 18.5 Å². The van der Waals surface area contributed by atoms with Gasteiger partial charge in [-0.15, -0.1) is 0 Å². The number of hydrogen-bond donors (Lipinski definition) is 6. The van der Waals surface area contributed by atoms with Crippen LogP contribution in [0.3, 0.4) is 0 Å². The maximum atomic E-state index is 13.1. The Morgan fingerprint density at radius 2 is 0.711 bits per heavy atom. The van der Waals surface area contributed by atoms with Crippen LogP contribution in [0.5, 0.6) is 0 Å². The lowest BCUT2D eigenvalue weighted by Crippen LogP contribution is -2.60. The summed E-state index contributed by atoms with van der Waals surface area (Å²) >= 11 is 0.